The molecule has 0 fully saturated rings. The van der Waals surface area contributed by atoms with Crippen molar-refractivity contribution >= 4 is 29.8 Å². The Hall–Kier alpha value is -3.13. The number of carboxylic acids is 1. The molecule has 2 heteroatoms. The van der Waals surface area contributed by atoms with Crippen LogP contribution in [0.2, 0.25) is 0 Å². The van der Waals surface area contributed by atoms with E-state index in [2.05, 4.69) is 26.7 Å². The highest BCUT2D eigenvalue weighted by Gasteiger charge is 2.20. The molecule has 0 saturated heterocycles. The van der Waals surface area contributed by atoms with Gasteiger partial charge in [-0.3, -0.25) is 0 Å². The van der Waals surface area contributed by atoms with Crippen LogP contribution in [0, 0.1) is 0 Å². The van der Waals surface area contributed by atoms with Crippen LogP contribution in [-0.4, -0.2) is 11.1 Å². The lowest BCUT2D eigenvalue weighted by Gasteiger charge is -2.19. The molecule has 2 aromatic rings. The van der Waals surface area contributed by atoms with Crippen molar-refractivity contribution in [1.29, 1.82) is 0 Å². The quantitative estimate of drug-likeness (QED) is 0.618. The number of benzene rings is 2. The fourth-order valence-corrected chi connectivity index (χ4v) is 3.29. The molecule has 0 aliphatic heterocycles. The molecule has 2 aromatic carbocycles. The summed E-state index contributed by atoms with van der Waals surface area (Å²) in [6, 6.07) is 11.7. The van der Waals surface area contributed by atoms with Crippen LogP contribution in [0.5, 0.6) is 0 Å². The summed E-state index contributed by atoms with van der Waals surface area (Å²) in [6.45, 7) is 15.4. The van der Waals surface area contributed by atoms with Crippen molar-refractivity contribution in [3.63, 3.8) is 0 Å². The van der Waals surface area contributed by atoms with Gasteiger partial charge >= 0.3 is 5.97 Å². The third-order valence-electron chi connectivity index (χ3n) is 4.58. The highest BCUT2D eigenvalue weighted by Crippen LogP contribution is 2.35. The average Bonchev–Trinajstić information content (AvgIpc) is 2.67. The molecule has 2 nitrogen and oxygen atoms in total. The number of hydrogen-bond acceptors (Lipinski definition) is 1. The first-order valence-electron chi connectivity index (χ1n) is 8.57. The molecule has 0 unspecified atom stereocenters. The van der Waals surface area contributed by atoms with E-state index in [4.69, 9.17) is 0 Å². The zero-order valence-electron chi connectivity index (χ0n) is 15.4. The fraction of sp³-hybridized carbons (Fsp3) is 0.125. The monoisotopic (exact) mass is 344 g/mol. The zero-order chi connectivity index (χ0) is 19.3. The van der Waals surface area contributed by atoms with Gasteiger partial charge in [0.15, 0.2) is 0 Å². The van der Waals surface area contributed by atoms with E-state index >= 15 is 0 Å². The molecule has 26 heavy (non-hydrogen) atoms. The first kappa shape index (κ1) is 19.2. The lowest BCUT2D eigenvalue weighted by molar-refractivity contribution is -0.132. The summed E-state index contributed by atoms with van der Waals surface area (Å²) in [5, 5.41) is 9.73. The van der Waals surface area contributed by atoms with Gasteiger partial charge in [0, 0.05) is 5.57 Å². The molecule has 0 aliphatic rings. The van der Waals surface area contributed by atoms with E-state index in [-0.39, 0.29) is 0 Å². The second-order valence-electron chi connectivity index (χ2n) is 5.95. The van der Waals surface area contributed by atoms with Gasteiger partial charge in [-0.1, -0.05) is 81.3 Å². The lowest BCUT2D eigenvalue weighted by Crippen LogP contribution is -2.06. The maximum absolute atomic E-state index is 11.9. The van der Waals surface area contributed by atoms with Crippen LogP contribution in [0.3, 0.4) is 0 Å². The first-order valence-corrected chi connectivity index (χ1v) is 8.57. The summed E-state index contributed by atoms with van der Waals surface area (Å²) >= 11 is 0. The summed E-state index contributed by atoms with van der Waals surface area (Å²) < 4.78 is 0. The summed E-state index contributed by atoms with van der Waals surface area (Å²) in [7, 11) is 0. The lowest BCUT2D eigenvalue weighted by atomic mass is 9.84. The Labute approximate surface area is 155 Å². The molecule has 1 N–H and O–H groups in total. The van der Waals surface area contributed by atoms with Gasteiger partial charge in [-0.25, -0.2) is 4.79 Å². The van der Waals surface area contributed by atoms with E-state index in [1.165, 1.54) is 0 Å². The molecule has 2 rings (SSSR count). The standard InChI is InChI=1S/C24H24O2/c1-6-17-12-10-14-21(19(17)8-3)23(16(5)24(25)26)22-15-11-13-18(7-2)20(22)9-4/h6-8,10-15H,1-3,9H2,4-5H3,(H,25,26)/b23-16-. The molecular formula is C24H24O2. The molecule has 0 heterocycles. The van der Waals surface area contributed by atoms with Crippen molar-refractivity contribution < 1.29 is 9.90 Å². The fourth-order valence-electron chi connectivity index (χ4n) is 3.29. The molecule has 0 radical (unpaired) electrons. The van der Waals surface area contributed by atoms with E-state index < -0.39 is 5.97 Å². The van der Waals surface area contributed by atoms with Gasteiger partial charge in [0.05, 0.1) is 0 Å². The van der Waals surface area contributed by atoms with Gasteiger partial charge < -0.3 is 5.11 Å². The van der Waals surface area contributed by atoms with Gasteiger partial charge in [0.25, 0.3) is 0 Å². The largest absolute Gasteiger partial charge is 0.478 e. The topological polar surface area (TPSA) is 37.3 Å². The highest BCUT2D eigenvalue weighted by molar-refractivity contribution is 6.02. The van der Waals surface area contributed by atoms with Gasteiger partial charge in [-0.15, -0.1) is 0 Å². The van der Waals surface area contributed by atoms with Gasteiger partial charge in [0.2, 0.25) is 0 Å². The molecule has 0 spiro atoms. The Morgan fingerprint density at radius 2 is 1.54 bits per heavy atom. The van der Waals surface area contributed by atoms with Crippen LogP contribution >= 0.6 is 0 Å². The zero-order valence-corrected chi connectivity index (χ0v) is 15.4. The smallest absolute Gasteiger partial charge is 0.331 e. The SMILES string of the molecule is C=Cc1cccc(/C(=C(\C)C(=O)O)c2cccc(C=C)c2CC)c1C=C. The van der Waals surface area contributed by atoms with Crippen LogP contribution in [-0.2, 0) is 11.2 Å². The predicted molar refractivity (Wildman–Crippen MR) is 112 cm³/mol. The van der Waals surface area contributed by atoms with Crippen molar-refractivity contribution in [3.8, 4) is 0 Å². The molecule has 132 valence electrons. The van der Waals surface area contributed by atoms with Crippen LogP contribution in [0.1, 0.15) is 47.2 Å². The third-order valence-corrected chi connectivity index (χ3v) is 4.58. The van der Waals surface area contributed by atoms with Gasteiger partial charge in [-0.2, -0.15) is 0 Å². The maximum atomic E-state index is 11.9. The Balaban J connectivity index is 2.97. The molecule has 0 bridgehead atoms. The maximum Gasteiger partial charge on any atom is 0.331 e. The summed E-state index contributed by atoms with van der Waals surface area (Å²) in [5.41, 5.74) is 6.65. The first-order chi connectivity index (χ1) is 12.5. The Bertz CT molecular complexity index is 914. The van der Waals surface area contributed by atoms with E-state index in [0.717, 1.165) is 39.8 Å². The molecule has 0 aliphatic carbocycles. The minimum Gasteiger partial charge on any atom is -0.478 e. The normalized spacial score (nSPS) is 11.5. The Morgan fingerprint density at radius 1 is 0.962 bits per heavy atom. The van der Waals surface area contributed by atoms with Crippen molar-refractivity contribution in [1.82, 2.24) is 0 Å². The molecule has 0 amide bonds. The molecule has 0 aromatic heterocycles. The minimum atomic E-state index is -0.940. The van der Waals surface area contributed by atoms with Crippen molar-refractivity contribution in [2.24, 2.45) is 0 Å². The summed E-state index contributed by atoms with van der Waals surface area (Å²) in [6.07, 6.45) is 6.10. The molecule has 0 saturated carbocycles. The van der Waals surface area contributed by atoms with E-state index in [1.54, 1.807) is 19.1 Å². The van der Waals surface area contributed by atoms with Crippen LogP contribution in [0.4, 0.5) is 0 Å². The van der Waals surface area contributed by atoms with Crippen LogP contribution in [0.15, 0.2) is 61.7 Å². The van der Waals surface area contributed by atoms with Gasteiger partial charge in [-0.05, 0) is 52.3 Å². The Morgan fingerprint density at radius 3 is 2.04 bits per heavy atom. The minimum absolute atomic E-state index is 0.297. The van der Waals surface area contributed by atoms with Crippen molar-refractivity contribution in [3.05, 3.63) is 95.1 Å². The predicted octanol–water partition coefficient (Wildman–Crippen LogP) is 6.08. The highest BCUT2D eigenvalue weighted by atomic mass is 16.4. The number of hydrogen-bond donors (Lipinski definition) is 1. The molecule has 0 atom stereocenters. The second kappa shape index (κ2) is 8.30. The number of carboxylic acid groups (broad SMARTS) is 1. The summed E-state index contributed by atoms with van der Waals surface area (Å²) in [4.78, 5) is 11.9. The Kier molecular flexibility index (Phi) is 6.13. The van der Waals surface area contributed by atoms with E-state index in [1.807, 2.05) is 42.5 Å². The van der Waals surface area contributed by atoms with Crippen LogP contribution < -0.4 is 0 Å². The molecular weight excluding hydrogens is 320 g/mol. The average molecular weight is 344 g/mol. The van der Waals surface area contributed by atoms with Crippen molar-refractivity contribution in [2.75, 3.05) is 0 Å². The number of carbonyl (C=O) groups is 1. The van der Waals surface area contributed by atoms with Gasteiger partial charge in [0.1, 0.15) is 0 Å². The number of rotatable bonds is 7. The summed E-state index contributed by atoms with van der Waals surface area (Å²) in [5.74, 6) is -0.940. The second-order valence-corrected chi connectivity index (χ2v) is 5.95. The van der Waals surface area contributed by atoms with Crippen LogP contribution in [0.25, 0.3) is 23.8 Å². The van der Waals surface area contributed by atoms with E-state index in [9.17, 15) is 9.90 Å². The third kappa shape index (κ3) is 3.45. The van der Waals surface area contributed by atoms with Crippen molar-refractivity contribution in [2.45, 2.75) is 20.3 Å². The van der Waals surface area contributed by atoms with E-state index in [0.29, 0.717) is 11.1 Å². The number of aliphatic carboxylic acids is 1.